The molecular formula is C14H28N2O. The number of hydrogen-bond acceptors (Lipinski definition) is 3. The smallest absolute Gasteiger partial charge is 0.0502 e. The molecule has 0 aromatic rings. The Morgan fingerprint density at radius 2 is 2.06 bits per heavy atom. The van der Waals surface area contributed by atoms with Crippen molar-refractivity contribution in [3.05, 3.63) is 0 Å². The lowest BCUT2D eigenvalue weighted by Crippen LogP contribution is -2.45. The highest BCUT2D eigenvalue weighted by atomic mass is 16.5. The summed E-state index contributed by atoms with van der Waals surface area (Å²) in [4.78, 5) is 2.64. The van der Waals surface area contributed by atoms with Crippen molar-refractivity contribution in [1.29, 1.82) is 0 Å². The van der Waals surface area contributed by atoms with Gasteiger partial charge in [0.05, 0.1) is 6.61 Å². The van der Waals surface area contributed by atoms with Gasteiger partial charge >= 0.3 is 0 Å². The highest BCUT2D eigenvalue weighted by molar-refractivity contribution is 4.89. The van der Waals surface area contributed by atoms with Crippen LogP contribution in [0.4, 0.5) is 0 Å². The molecule has 100 valence electrons. The number of hydrogen-bond donors (Lipinski definition) is 1. The molecule has 1 unspecified atom stereocenters. The molecule has 2 fully saturated rings. The van der Waals surface area contributed by atoms with E-state index in [2.05, 4.69) is 4.90 Å². The van der Waals surface area contributed by atoms with Crippen LogP contribution in [0.2, 0.25) is 0 Å². The minimum absolute atomic E-state index is 0.439. The van der Waals surface area contributed by atoms with Crippen LogP contribution in [-0.4, -0.2) is 44.8 Å². The Morgan fingerprint density at radius 1 is 1.29 bits per heavy atom. The van der Waals surface area contributed by atoms with E-state index in [1.807, 2.05) is 7.11 Å². The van der Waals surface area contributed by atoms with Crippen LogP contribution in [0.5, 0.6) is 0 Å². The largest absolute Gasteiger partial charge is 0.384 e. The quantitative estimate of drug-likeness (QED) is 0.797. The summed E-state index contributed by atoms with van der Waals surface area (Å²) in [7, 11) is 1.82. The number of ether oxygens (including phenoxy) is 1. The normalized spacial score (nSPS) is 29.6. The highest BCUT2D eigenvalue weighted by Crippen LogP contribution is 2.38. The average Bonchev–Trinajstić information content (AvgIpc) is 2.79. The maximum atomic E-state index is 6.03. The average molecular weight is 240 g/mol. The second kappa shape index (κ2) is 6.17. The molecule has 0 aromatic heterocycles. The van der Waals surface area contributed by atoms with Gasteiger partial charge in [-0.05, 0) is 50.1 Å². The summed E-state index contributed by atoms with van der Waals surface area (Å²) in [5, 5.41) is 0. The minimum atomic E-state index is 0.439. The molecule has 0 spiro atoms. The number of methoxy groups -OCH3 is 1. The molecule has 0 aromatic carbocycles. The lowest BCUT2D eigenvalue weighted by molar-refractivity contribution is 0.0655. The third-order valence-corrected chi connectivity index (χ3v) is 4.66. The Hall–Kier alpha value is -0.120. The summed E-state index contributed by atoms with van der Waals surface area (Å²) in [6, 6.07) is 0. The van der Waals surface area contributed by atoms with Crippen LogP contribution < -0.4 is 5.73 Å². The standard InChI is InChI=1S/C14H28N2O/c1-17-10-13-5-4-8-16(9-13)12-14(11-15)6-2-3-7-14/h13H,2-12,15H2,1H3. The molecule has 3 heteroatoms. The van der Waals surface area contributed by atoms with Gasteiger partial charge in [-0.25, -0.2) is 0 Å². The third kappa shape index (κ3) is 3.43. The van der Waals surface area contributed by atoms with Crippen LogP contribution in [0, 0.1) is 11.3 Å². The first-order valence-electron chi connectivity index (χ1n) is 7.19. The summed E-state index contributed by atoms with van der Waals surface area (Å²) >= 11 is 0. The van der Waals surface area contributed by atoms with E-state index < -0.39 is 0 Å². The second-order valence-electron chi connectivity index (χ2n) is 6.11. The molecule has 0 amide bonds. The molecule has 1 saturated heterocycles. The van der Waals surface area contributed by atoms with Gasteiger partial charge in [-0.2, -0.15) is 0 Å². The van der Waals surface area contributed by atoms with Gasteiger partial charge < -0.3 is 15.4 Å². The van der Waals surface area contributed by atoms with Crippen LogP contribution in [0.1, 0.15) is 38.5 Å². The SMILES string of the molecule is COCC1CCCN(CC2(CN)CCCC2)C1. The van der Waals surface area contributed by atoms with Crippen LogP contribution in [-0.2, 0) is 4.74 Å². The summed E-state index contributed by atoms with van der Waals surface area (Å²) in [5.74, 6) is 0.741. The Labute approximate surface area is 106 Å². The molecule has 1 heterocycles. The maximum Gasteiger partial charge on any atom is 0.0502 e. The predicted molar refractivity (Wildman–Crippen MR) is 71.0 cm³/mol. The zero-order valence-electron chi connectivity index (χ0n) is 11.3. The highest BCUT2D eigenvalue weighted by Gasteiger charge is 2.35. The second-order valence-corrected chi connectivity index (χ2v) is 6.11. The summed E-state index contributed by atoms with van der Waals surface area (Å²) < 4.78 is 5.30. The van der Waals surface area contributed by atoms with Crippen molar-refractivity contribution in [2.45, 2.75) is 38.5 Å². The van der Waals surface area contributed by atoms with Crippen LogP contribution >= 0.6 is 0 Å². The van der Waals surface area contributed by atoms with Gasteiger partial charge in [-0.1, -0.05) is 12.8 Å². The Morgan fingerprint density at radius 3 is 2.71 bits per heavy atom. The number of rotatable bonds is 5. The van der Waals surface area contributed by atoms with Gasteiger partial charge in [0.1, 0.15) is 0 Å². The first-order chi connectivity index (χ1) is 8.28. The number of piperidine rings is 1. The van der Waals surface area contributed by atoms with Crippen LogP contribution in [0.3, 0.4) is 0 Å². The van der Waals surface area contributed by atoms with Gasteiger partial charge in [0.25, 0.3) is 0 Å². The number of nitrogens with two attached hydrogens (primary N) is 1. The summed E-state index contributed by atoms with van der Waals surface area (Å²) in [6.45, 7) is 5.51. The van der Waals surface area contributed by atoms with Crippen molar-refractivity contribution in [3.63, 3.8) is 0 Å². The Kier molecular flexibility index (Phi) is 4.83. The monoisotopic (exact) mass is 240 g/mol. The molecule has 1 atom stereocenters. The van der Waals surface area contributed by atoms with E-state index in [0.29, 0.717) is 5.41 Å². The van der Waals surface area contributed by atoms with Crippen molar-refractivity contribution in [3.8, 4) is 0 Å². The molecule has 2 N–H and O–H groups in total. The fourth-order valence-electron chi connectivity index (χ4n) is 3.69. The van der Waals surface area contributed by atoms with Gasteiger partial charge in [-0.3, -0.25) is 0 Å². The molecule has 1 saturated carbocycles. The maximum absolute atomic E-state index is 6.03. The van der Waals surface area contributed by atoms with E-state index in [0.717, 1.165) is 19.1 Å². The van der Waals surface area contributed by atoms with Crippen molar-refractivity contribution in [1.82, 2.24) is 4.90 Å². The first-order valence-corrected chi connectivity index (χ1v) is 7.19. The zero-order valence-corrected chi connectivity index (χ0v) is 11.3. The molecular weight excluding hydrogens is 212 g/mol. The molecule has 1 aliphatic heterocycles. The number of likely N-dealkylation sites (tertiary alicyclic amines) is 1. The Bertz CT molecular complexity index is 224. The van der Waals surface area contributed by atoms with E-state index in [4.69, 9.17) is 10.5 Å². The first kappa shape index (κ1) is 13.3. The van der Waals surface area contributed by atoms with Gasteiger partial charge in [-0.15, -0.1) is 0 Å². The van der Waals surface area contributed by atoms with E-state index in [1.54, 1.807) is 0 Å². The molecule has 1 aliphatic carbocycles. The van der Waals surface area contributed by atoms with E-state index >= 15 is 0 Å². The summed E-state index contributed by atoms with van der Waals surface area (Å²) in [5.41, 5.74) is 6.47. The number of nitrogens with zero attached hydrogens (tertiary/aromatic N) is 1. The third-order valence-electron chi connectivity index (χ3n) is 4.66. The van der Waals surface area contributed by atoms with Crippen molar-refractivity contribution < 1.29 is 4.74 Å². The lowest BCUT2D eigenvalue weighted by atomic mass is 9.84. The molecule has 3 nitrogen and oxygen atoms in total. The van der Waals surface area contributed by atoms with E-state index in [-0.39, 0.29) is 0 Å². The zero-order chi connectivity index (χ0) is 12.1. The van der Waals surface area contributed by atoms with Gasteiger partial charge in [0.15, 0.2) is 0 Å². The Balaban J connectivity index is 1.85. The van der Waals surface area contributed by atoms with Crippen LogP contribution in [0.25, 0.3) is 0 Å². The fourth-order valence-corrected chi connectivity index (χ4v) is 3.69. The van der Waals surface area contributed by atoms with Crippen molar-refractivity contribution >= 4 is 0 Å². The van der Waals surface area contributed by atoms with Gasteiger partial charge in [0.2, 0.25) is 0 Å². The molecule has 0 radical (unpaired) electrons. The van der Waals surface area contributed by atoms with E-state index in [1.165, 1.54) is 58.2 Å². The van der Waals surface area contributed by atoms with Gasteiger partial charge in [0, 0.05) is 20.2 Å². The lowest BCUT2D eigenvalue weighted by Gasteiger charge is -2.39. The van der Waals surface area contributed by atoms with Crippen molar-refractivity contribution in [2.75, 3.05) is 39.9 Å². The predicted octanol–water partition coefficient (Wildman–Crippen LogP) is 1.86. The molecule has 2 rings (SSSR count). The minimum Gasteiger partial charge on any atom is -0.384 e. The fraction of sp³-hybridized carbons (Fsp3) is 1.00. The van der Waals surface area contributed by atoms with Crippen molar-refractivity contribution in [2.24, 2.45) is 17.1 Å². The molecule has 17 heavy (non-hydrogen) atoms. The summed E-state index contributed by atoms with van der Waals surface area (Å²) in [6.07, 6.45) is 8.11. The van der Waals surface area contributed by atoms with E-state index in [9.17, 15) is 0 Å². The van der Waals surface area contributed by atoms with Crippen LogP contribution in [0.15, 0.2) is 0 Å². The molecule has 2 aliphatic rings. The molecule has 0 bridgehead atoms. The topological polar surface area (TPSA) is 38.5 Å².